The van der Waals surface area contributed by atoms with Gasteiger partial charge in [-0.2, -0.15) is 0 Å². The van der Waals surface area contributed by atoms with Gasteiger partial charge in [-0.3, -0.25) is 0 Å². The van der Waals surface area contributed by atoms with Gasteiger partial charge >= 0.3 is 0 Å². The second-order valence-electron chi connectivity index (χ2n) is 9.79. The van der Waals surface area contributed by atoms with Crippen LogP contribution in [-0.4, -0.2) is 30.8 Å². The number of halogens is 1. The molecule has 1 heterocycles. The number of nitrogens with zero attached hydrogens (tertiary/aromatic N) is 1. The van der Waals surface area contributed by atoms with E-state index >= 15 is 0 Å². The zero-order valence-corrected chi connectivity index (χ0v) is 24.2. The van der Waals surface area contributed by atoms with E-state index in [9.17, 15) is 17.4 Å². The minimum atomic E-state index is -4.01. The Bertz CT molecular complexity index is 1260. The van der Waals surface area contributed by atoms with E-state index in [1.54, 1.807) is 30.5 Å². The van der Waals surface area contributed by atoms with Crippen LogP contribution in [0.4, 0.5) is 4.39 Å². The lowest BCUT2D eigenvalue weighted by Gasteiger charge is -2.10. The van der Waals surface area contributed by atoms with Crippen LogP contribution in [0, 0.1) is 5.82 Å². The molecule has 0 bridgehead atoms. The summed E-state index contributed by atoms with van der Waals surface area (Å²) in [6.45, 7) is 2.64. The summed E-state index contributed by atoms with van der Waals surface area (Å²) < 4.78 is 58.1. The van der Waals surface area contributed by atoms with Crippen molar-refractivity contribution >= 4 is 31.9 Å². The molecule has 0 fully saturated rings. The number of aromatic nitrogens is 1. The molecule has 5 nitrogen and oxygen atoms in total. The topological polar surface area (TPSA) is 79.3 Å². The Morgan fingerprint density at radius 2 is 1.47 bits per heavy atom. The lowest BCUT2D eigenvalue weighted by molar-refractivity contribution is 0.289. The smallest absolute Gasteiger partial charge is 0.223 e. The summed E-state index contributed by atoms with van der Waals surface area (Å²) in [4.78, 5) is 4.71. The molecular formula is C30H40FNO4S2. The fourth-order valence-corrected chi connectivity index (χ4v) is 6.19. The number of pyridine rings is 1. The summed E-state index contributed by atoms with van der Waals surface area (Å²) in [5, 5.41) is 0.518. The predicted octanol–water partition coefficient (Wildman–Crippen LogP) is 8.02. The van der Waals surface area contributed by atoms with Gasteiger partial charge in [0, 0.05) is 11.5 Å². The average molecular weight is 562 g/mol. The molecule has 1 aromatic heterocycles. The molecule has 0 spiro atoms. The molecule has 0 radical (unpaired) electrons. The summed E-state index contributed by atoms with van der Waals surface area (Å²) in [6.07, 6.45) is 16.4. The fraction of sp³-hybridized carbons (Fsp3) is 0.500. The van der Waals surface area contributed by atoms with Crippen molar-refractivity contribution in [3.05, 3.63) is 54.3 Å². The first kappa shape index (κ1) is 30.4. The van der Waals surface area contributed by atoms with Crippen molar-refractivity contribution in [2.75, 3.05) is 12.9 Å². The number of rotatable bonds is 17. The van der Waals surface area contributed by atoms with E-state index in [-0.39, 0.29) is 15.7 Å². The Morgan fingerprint density at radius 1 is 0.842 bits per heavy atom. The third-order valence-electron chi connectivity index (χ3n) is 6.71. The van der Waals surface area contributed by atoms with Gasteiger partial charge < -0.3 is 9.29 Å². The molecular weight excluding hydrogens is 521 g/mol. The first-order valence-electron chi connectivity index (χ1n) is 13.7. The molecule has 8 heteroatoms. The highest BCUT2D eigenvalue weighted by atomic mass is 32.2. The first-order chi connectivity index (χ1) is 18.3. The molecule has 0 aliphatic heterocycles. The number of hydrogen-bond acceptors (Lipinski definition) is 5. The number of benzene rings is 2. The third-order valence-corrected chi connectivity index (χ3v) is 9.28. The molecule has 0 saturated carbocycles. The Kier molecular flexibility index (Phi) is 12.3. The monoisotopic (exact) mass is 561 g/mol. The molecule has 0 aliphatic carbocycles. The maximum Gasteiger partial charge on any atom is 0.223 e. The van der Waals surface area contributed by atoms with Crippen LogP contribution in [-0.2, 0) is 21.0 Å². The molecule has 2 aromatic carbocycles. The Balaban J connectivity index is 1.44. The van der Waals surface area contributed by atoms with Crippen LogP contribution < -0.4 is 4.74 Å². The zero-order valence-electron chi connectivity index (χ0n) is 22.6. The summed E-state index contributed by atoms with van der Waals surface area (Å²) >= 11 is -1.15. The zero-order chi connectivity index (χ0) is 27.4. The molecule has 208 valence electrons. The summed E-state index contributed by atoms with van der Waals surface area (Å²) in [5.41, 5.74) is 0.461. The quantitative estimate of drug-likeness (QED) is 0.123. The van der Waals surface area contributed by atoms with Gasteiger partial charge in [-0.05, 0) is 60.1 Å². The van der Waals surface area contributed by atoms with Crippen molar-refractivity contribution in [3.63, 3.8) is 0 Å². The second-order valence-corrected chi connectivity index (χ2v) is 13.1. The molecule has 1 atom stereocenters. The van der Waals surface area contributed by atoms with Gasteiger partial charge in [0.05, 0.1) is 17.0 Å². The molecule has 3 rings (SSSR count). The second kappa shape index (κ2) is 15.4. The summed E-state index contributed by atoms with van der Waals surface area (Å²) in [7, 11) is -4.01. The molecule has 38 heavy (non-hydrogen) atoms. The highest BCUT2D eigenvalue weighted by Gasteiger charge is 2.22. The highest BCUT2D eigenvalue weighted by molar-refractivity contribution is 7.91. The van der Waals surface area contributed by atoms with Crippen LogP contribution in [0.5, 0.6) is 5.75 Å². The maximum absolute atomic E-state index is 14.7. The largest absolute Gasteiger partial charge is 0.612 e. The van der Waals surface area contributed by atoms with Crippen molar-refractivity contribution in [1.82, 2.24) is 4.98 Å². The van der Waals surface area contributed by atoms with Crippen LogP contribution in [0.25, 0.3) is 10.9 Å². The lowest BCUT2D eigenvalue weighted by Crippen LogP contribution is -2.06. The van der Waals surface area contributed by atoms with Gasteiger partial charge in [0.15, 0.2) is 21.5 Å². The highest BCUT2D eigenvalue weighted by Crippen LogP contribution is 2.27. The van der Waals surface area contributed by atoms with Crippen molar-refractivity contribution in [2.24, 2.45) is 0 Å². The van der Waals surface area contributed by atoms with Crippen molar-refractivity contribution in [2.45, 2.75) is 98.8 Å². The first-order valence-corrected chi connectivity index (χ1v) is 16.8. The third kappa shape index (κ3) is 8.95. The average Bonchev–Trinajstić information content (AvgIpc) is 2.91. The van der Waals surface area contributed by atoms with E-state index in [2.05, 4.69) is 11.9 Å². The van der Waals surface area contributed by atoms with Crippen LogP contribution in [0.3, 0.4) is 0 Å². The van der Waals surface area contributed by atoms with Gasteiger partial charge in [0.25, 0.3) is 0 Å². The molecule has 0 N–H and O–H groups in total. The number of ether oxygens (including phenoxy) is 1. The lowest BCUT2D eigenvalue weighted by atomic mass is 10.1. The molecule has 3 aromatic rings. The number of fused-ring (bicyclic) bond motifs is 1. The van der Waals surface area contributed by atoms with E-state index < -0.39 is 26.8 Å². The SMILES string of the molecule is CCCCCCCCCCCCCCOc1ccc(S(=O)(=O)c2ccc3cc([S+](C)[O-])ccc3n2)cc1F. The van der Waals surface area contributed by atoms with Crippen LogP contribution in [0.15, 0.2) is 63.3 Å². The Labute approximate surface area is 230 Å². The van der Waals surface area contributed by atoms with E-state index in [1.807, 2.05) is 0 Å². The Hall–Kier alpha value is -2.16. The van der Waals surface area contributed by atoms with Gasteiger partial charge in [-0.25, -0.2) is 17.8 Å². The minimum Gasteiger partial charge on any atom is -0.612 e. The van der Waals surface area contributed by atoms with Crippen LogP contribution >= 0.6 is 0 Å². The molecule has 0 aliphatic rings. The van der Waals surface area contributed by atoms with Crippen molar-refractivity contribution in [3.8, 4) is 5.75 Å². The van der Waals surface area contributed by atoms with Gasteiger partial charge in [-0.15, -0.1) is 0 Å². The fourth-order valence-electron chi connectivity index (χ4n) is 4.43. The van der Waals surface area contributed by atoms with Gasteiger partial charge in [-0.1, -0.05) is 77.6 Å². The number of hydrogen-bond donors (Lipinski definition) is 0. The molecule has 0 amide bonds. The standard InChI is InChI=1S/C30H40FNO4S2/c1-3-4-5-6-7-8-9-10-11-12-13-14-21-36-29-19-17-26(23-27(29)31)38(34,35)30-20-15-24-22-25(37(2)33)16-18-28(24)32-30/h15-20,22-23H,3-14,21H2,1-2H3. The van der Waals surface area contributed by atoms with E-state index in [4.69, 9.17) is 4.74 Å². The number of unbranched alkanes of at least 4 members (excludes halogenated alkanes) is 11. The van der Waals surface area contributed by atoms with Crippen molar-refractivity contribution < 1.29 is 22.1 Å². The predicted molar refractivity (Wildman–Crippen MR) is 153 cm³/mol. The summed E-state index contributed by atoms with van der Waals surface area (Å²) in [5.74, 6) is -0.653. The Morgan fingerprint density at radius 3 is 2.08 bits per heavy atom. The maximum atomic E-state index is 14.7. The normalized spacial score (nSPS) is 12.6. The molecule has 1 unspecified atom stereocenters. The van der Waals surface area contributed by atoms with Crippen LogP contribution in [0.2, 0.25) is 0 Å². The minimum absolute atomic E-state index is 0.0542. The van der Waals surface area contributed by atoms with Crippen LogP contribution in [0.1, 0.15) is 84.0 Å². The number of sulfone groups is 1. The van der Waals surface area contributed by atoms with Gasteiger partial charge in [0.2, 0.25) is 9.84 Å². The van der Waals surface area contributed by atoms with Crippen molar-refractivity contribution in [1.29, 1.82) is 0 Å². The van der Waals surface area contributed by atoms with Gasteiger partial charge in [0.1, 0.15) is 6.26 Å². The summed E-state index contributed by atoms with van der Waals surface area (Å²) in [6, 6.07) is 11.7. The van der Waals surface area contributed by atoms with E-state index in [0.717, 1.165) is 25.3 Å². The van der Waals surface area contributed by atoms with E-state index in [1.165, 1.54) is 76.0 Å². The van der Waals surface area contributed by atoms with E-state index in [0.29, 0.717) is 22.4 Å². The molecule has 0 saturated heterocycles.